The Hall–Kier alpha value is -2.62. The van der Waals surface area contributed by atoms with Crippen LogP contribution in [-0.2, 0) is 22.4 Å². The number of benzene rings is 2. The van der Waals surface area contributed by atoms with Gasteiger partial charge in [-0.05, 0) is 42.2 Å². The molecule has 0 atom stereocenters. The normalized spacial score (nSPS) is 12.9. The highest BCUT2D eigenvalue weighted by molar-refractivity contribution is 6.01. The van der Waals surface area contributed by atoms with E-state index in [1.54, 1.807) is 11.8 Å². The first kappa shape index (κ1) is 13.4. The van der Waals surface area contributed by atoms with Crippen molar-refractivity contribution in [3.8, 4) is 0 Å². The van der Waals surface area contributed by atoms with Gasteiger partial charge in [-0.2, -0.15) is 0 Å². The second-order valence-corrected chi connectivity index (χ2v) is 5.09. The van der Waals surface area contributed by atoms with E-state index in [2.05, 4.69) is 11.4 Å². The lowest BCUT2D eigenvalue weighted by Crippen LogP contribution is -2.23. The van der Waals surface area contributed by atoms with Gasteiger partial charge in [0.05, 0.1) is 11.4 Å². The molecule has 0 aromatic heterocycles. The van der Waals surface area contributed by atoms with Crippen molar-refractivity contribution in [2.24, 2.45) is 0 Å². The lowest BCUT2D eigenvalue weighted by atomic mass is 10.0. The zero-order chi connectivity index (χ0) is 14.8. The molecule has 1 N–H and O–H groups in total. The molecule has 0 saturated heterocycles. The summed E-state index contributed by atoms with van der Waals surface area (Å²) in [5.74, 6) is -0.0335. The third-order valence-electron chi connectivity index (χ3n) is 3.76. The molecule has 2 amide bonds. The largest absolute Gasteiger partial charge is 0.329 e. The number of rotatable bonds is 2. The lowest BCUT2D eigenvalue weighted by molar-refractivity contribution is -0.115. The topological polar surface area (TPSA) is 49.4 Å². The van der Waals surface area contributed by atoms with Gasteiger partial charge in [-0.25, -0.2) is 0 Å². The average Bonchev–Trinajstić information content (AvgIpc) is 2.63. The maximum Gasteiger partial charge on any atom is 0.228 e. The second kappa shape index (κ2) is 5.40. The lowest BCUT2D eigenvalue weighted by Gasteiger charge is -2.24. The summed E-state index contributed by atoms with van der Waals surface area (Å²) in [5.41, 5.74) is 4.73. The van der Waals surface area contributed by atoms with Gasteiger partial charge < -0.3 is 5.32 Å². The number of nitrogens with one attached hydrogen (secondary N) is 1. The van der Waals surface area contributed by atoms with Crippen LogP contribution in [0.4, 0.5) is 17.1 Å². The summed E-state index contributed by atoms with van der Waals surface area (Å²) >= 11 is 0. The van der Waals surface area contributed by atoms with E-state index < -0.39 is 0 Å². The monoisotopic (exact) mass is 280 g/mol. The van der Waals surface area contributed by atoms with Crippen molar-refractivity contribution in [2.45, 2.75) is 19.8 Å². The summed E-state index contributed by atoms with van der Waals surface area (Å²) in [5, 5.41) is 2.64. The minimum atomic E-state index is -0.0335. The SMILES string of the molecule is CC(=O)N1c2ccccc2CCc2ccc(NC=O)cc21. The minimum Gasteiger partial charge on any atom is -0.329 e. The Morgan fingerprint density at radius 3 is 2.52 bits per heavy atom. The number of nitrogens with zero attached hydrogens (tertiary/aromatic N) is 1. The molecule has 106 valence electrons. The number of carbonyl (C=O) groups excluding carboxylic acids is 2. The predicted molar refractivity (Wildman–Crippen MR) is 82.8 cm³/mol. The molecule has 0 radical (unpaired) electrons. The third kappa shape index (κ3) is 2.40. The molecular weight excluding hydrogens is 264 g/mol. The third-order valence-corrected chi connectivity index (χ3v) is 3.76. The van der Waals surface area contributed by atoms with Crippen LogP contribution < -0.4 is 10.2 Å². The van der Waals surface area contributed by atoms with E-state index in [4.69, 9.17) is 0 Å². The van der Waals surface area contributed by atoms with Crippen LogP contribution in [0.2, 0.25) is 0 Å². The molecule has 3 rings (SSSR count). The summed E-state index contributed by atoms with van der Waals surface area (Å²) in [6.45, 7) is 1.56. The van der Waals surface area contributed by atoms with E-state index in [0.717, 1.165) is 35.3 Å². The predicted octanol–water partition coefficient (Wildman–Crippen LogP) is 3.04. The highest BCUT2D eigenvalue weighted by Crippen LogP contribution is 2.37. The number of fused-ring (bicyclic) bond motifs is 2. The van der Waals surface area contributed by atoms with Crippen molar-refractivity contribution in [2.75, 3.05) is 10.2 Å². The van der Waals surface area contributed by atoms with Crippen molar-refractivity contribution >= 4 is 29.4 Å². The molecule has 0 saturated carbocycles. The van der Waals surface area contributed by atoms with E-state index >= 15 is 0 Å². The molecule has 4 heteroatoms. The van der Waals surface area contributed by atoms with Crippen LogP contribution in [0.5, 0.6) is 0 Å². The van der Waals surface area contributed by atoms with E-state index in [0.29, 0.717) is 12.1 Å². The molecule has 0 fully saturated rings. The van der Waals surface area contributed by atoms with Crippen molar-refractivity contribution in [3.63, 3.8) is 0 Å². The van der Waals surface area contributed by atoms with E-state index in [-0.39, 0.29) is 5.91 Å². The zero-order valence-corrected chi connectivity index (χ0v) is 11.8. The first-order valence-electron chi connectivity index (χ1n) is 6.92. The first-order valence-corrected chi connectivity index (χ1v) is 6.92. The molecule has 0 spiro atoms. The number of hydrogen-bond acceptors (Lipinski definition) is 2. The zero-order valence-electron chi connectivity index (χ0n) is 11.8. The summed E-state index contributed by atoms with van der Waals surface area (Å²) in [7, 11) is 0. The molecule has 1 heterocycles. The molecule has 1 aliphatic heterocycles. The van der Waals surface area contributed by atoms with Crippen LogP contribution in [0.15, 0.2) is 42.5 Å². The van der Waals surface area contributed by atoms with Crippen LogP contribution in [0.1, 0.15) is 18.1 Å². The molecule has 0 aliphatic carbocycles. The quantitative estimate of drug-likeness (QED) is 0.860. The van der Waals surface area contributed by atoms with Gasteiger partial charge in [0.25, 0.3) is 0 Å². The summed E-state index contributed by atoms with van der Waals surface area (Å²) in [6, 6.07) is 13.6. The van der Waals surface area contributed by atoms with Gasteiger partial charge in [0, 0.05) is 12.6 Å². The highest BCUT2D eigenvalue weighted by Gasteiger charge is 2.23. The van der Waals surface area contributed by atoms with Gasteiger partial charge in [-0.3, -0.25) is 14.5 Å². The Morgan fingerprint density at radius 1 is 1.10 bits per heavy atom. The molecular formula is C17H16N2O2. The van der Waals surface area contributed by atoms with Crippen LogP contribution in [0.25, 0.3) is 0 Å². The number of aryl methyl sites for hydroxylation is 2. The molecule has 0 bridgehead atoms. The summed E-state index contributed by atoms with van der Waals surface area (Å²) < 4.78 is 0. The van der Waals surface area contributed by atoms with E-state index in [1.165, 1.54) is 0 Å². The van der Waals surface area contributed by atoms with Gasteiger partial charge in [0.2, 0.25) is 12.3 Å². The molecule has 2 aromatic carbocycles. The fraction of sp³-hybridized carbons (Fsp3) is 0.176. The van der Waals surface area contributed by atoms with E-state index in [9.17, 15) is 9.59 Å². The number of carbonyl (C=O) groups is 2. The van der Waals surface area contributed by atoms with Gasteiger partial charge in [-0.15, -0.1) is 0 Å². The van der Waals surface area contributed by atoms with E-state index in [1.807, 2.05) is 36.4 Å². The van der Waals surface area contributed by atoms with Crippen molar-refractivity contribution in [3.05, 3.63) is 53.6 Å². The van der Waals surface area contributed by atoms with Gasteiger partial charge in [0.15, 0.2) is 0 Å². The first-order chi connectivity index (χ1) is 10.2. The Balaban J connectivity index is 2.19. The van der Waals surface area contributed by atoms with Crippen molar-refractivity contribution in [1.29, 1.82) is 0 Å². The molecule has 4 nitrogen and oxygen atoms in total. The van der Waals surface area contributed by atoms with Gasteiger partial charge in [0.1, 0.15) is 0 Å². The molecule has 21 heavy (non-hydrogen) atoms. The number of anilines is 3. The van der Waals surface area contributed by atoms with Crippen LogP contribution in [0.3, 0.4) is 0 Å². The minimum absolute atomic E-state index is 0.0335. The number of para-hydroxylation sites is 1. The smallest absolute Gasteiger partial charge is 0.228 e. The maximum absolute atomic E-state index is 12.2. The Kier molecular flexibility index (Phi) is 3.44. The van der Waals surface area contributed by atoms with Crippen LogP contribution in [0, 0.1) is 0 Å². The van der Waals surface area contributed by atoms with Crippen LogP contribution in [-0.4, -0.2) is 12.3 Å². The summed E-state index contributed by atoms with van der Waals surface area (Å²) in [6.07, 6.45) is 2.41. The fourth-order valence-corrected chi connectivity index (χ4v) is 2.82. The van der Waals surface area contributed by atoms with Crippen molar-refractivity contribution < 1.29 is 9.59 Å². The summed E-state index contributed by atoms with van der Waals surface area (Å²) in [4.78, 5) is 24.5. The fourth-order valence-electron chi connectivity index (χ4n) is 2.82. The second-order valence-electron chi connectivity index (χ2n) is 5.09. The standard InChI is InChI=1S/C17H16N2O2/c1-12(21)19-16-5-3-2-4-13(16)6-7-14-8-9-15(18-11-20)10-17(14)19/h2-5,8-11H,6-7H2,1H3,(H,18,20). The van der Waals surface area contributed by atoms with Crippen molar-refractivity contribution in [1.82, 2.24) is 0 Å². The molecule has 0 unspecified atom stereocenters. The van der Waals surface area contributed by atoms with Gasteiger partial charge in [-0.1, -0.05) is 24.3 Å². The van der Waals surface area contributed by atoms with Gasteiger partial charge >= 0.3 is 0 Å². The number of amides is 2. The highest BCUT2D eigenvalue weighted by atomic mass is 16.2. The Morgan fingerprint density at radius 2 is 1.81 bits per heavy atom. The van der Waals surface area contributed by atoms with Crippen LogP contribution >= 0.6 is 0 Å². The maximum atomic E-state index is 12.2. The Bertz CT molecular complexity index is 710. The number of hydrogen-bond donors (Lipinski definition) is 1. The average molecular weight is 280 g/mol. The Labute approximate surface area is 123 Å². The molecule has 2 aromatic rings. The molecule has 1 aliphatic rings.